The third-order valence-corrected chi connectivity index (χ3v) is 6.45. The molecule has 1 aliphatic rings. The van der Waals surface area contributed by atoms with Gasteiger partial charge in [0.05, 0.1) is 15.7 Å². The van der Waals surface area contributed by atoms with Gasteiger partial charge < -0.3 is 19.5 Å². The molecule has 1 aromatic heterocycles. The van der Waals surface area contributed by atoms with Crippen molar-refractivity contribution >= 4 is 58.2 Å². The smallest absolute Gasteiger partial charge is 0.248 e. The highest BCUT2D eigenvalue weighted by atomic mass is 35.5. The third-order valence-electron chi connectivity index (χ3n) is 5.60. The molecule has 0 radical (unpaired) electrons. The standard InChI is InChI=1S/C25H24Cl3N3O2/c1-2-30-11-13-31(14-12-30)23-8-4-18(16-22(23)28)29-25(32)10-6-19-5-9-24(33-19)20-7-3-17(26)15-21(20)27/h3-10,15-16H,2,11-14H2,1H3,(H,29,32)/b10-6+. The van der Waals surface area contributed by atoms with Crippen LogP contribution in [0.2, 0.25) is 15.1 Å². The first-order chi connectivity index (χ1) is 15.9. The summed E-state index contributed by atoms with van der Waals surface area (Å²) >= 11 is 18.7. The zero-order valence-electron chi connectivity index (χ0n) is 18.2. The minimum absolute atomic E-state index is 0.280. The highest BCUT2D eigenvalue weighted by molar-refractivity contribution is 6.36. The number of anilines is 2. The van der Waals surface area contributed by atoms with Crippen LogP contribution in [0.4, 0.5) is 11.4 Å². The van der Waals surface area contributed by atoms with Crippen molar-refractivity contribution in [1.29, 1.82) is 0 Å². The van der Waals surface area contributed by atoms with E-state index in [2.05, 4.69) is 22.0 Å². The second-order valence-electron chi connectivity index (χ2n) is 7.74. The minimum atomic E-state index is -0.280. The van der Waals surface area contributed by atoms with Gasteiger partial charge >= 0.3 is 0 Å². The van der Waals surface area contributed by atoms with Gasteiger partial charge in [-0.3, -0.25) is 4.79 Å². The van der Waals surface area contributed by atoms with Crippen LogP contribution in [0.5, 0.6) is 0 Å². The van der Waals surface area contributed by atoms with Crippen LogP contribution in [-0.2, 0) is 4.79 Å². The Bertz CT molecular complexity index is 1170. The van der Waals surface area contributed by atoms with Crippen molar-refractivity contribution in [2.24, 2.45) is 0 Å². The summed E-state index contributed by atoms with van der Waals surface area (Å²) in [7, 11) is 0. The van der Waals surface area contributed by atoms with E-state index in [-0.39, 0.29) is 5.91 Å². The number of amides is 1. The summed E-state index contributed by atoms with van der Waals surface area (Å²) in [5, 5.41) is 4.51. The Morgan fingerprint density at radius 1 is 1.00 bits per heavy atom. The number of likely N-dealkylation sites (N-methyl/N-ethyl adjacent to an activating group) is 1. The molecule has 3 aromatic rings. The molecular weight excluding hydrogens is 481 g/mol. The van der Waals surface area contributed by atoms with E-state index in [0.717, 1.165) is 44.0 Å². The quantitative estimate of drug-likeness (QED) is 0.379. The predicted molar refractivity (Wildman–Crippen MR) is 138 cm³/mol. The highest BCUT2D eigenvalue weighted by Crippen LogP contribution is 2.32. The van der Waals surface area contributed by atoms with Crippen molar-refractivity contribution in [1.82, 2.24) is 4.90 Å². The lowest BCUT2D eigenvalue weighted by Gasteiger charge is -2.36. The molecule has 1 amide bonds. The van der Waals surface area contributed by atoms with Crippen molar-refractivity contribution in [3.05, 3.63) is 75.4 Å². The number of carbonyl (C=O) groups excluding carboxylic acids is 1. The number of carbonyl (C=O) groups is 1. The van der Waals surface area contributed by atoms with E-state index >= 15 is 0 Å². The van der Waals surface area contributed by atoms with Crippen molar-refractivity contribution in [2.75, 3.05) is 42.9 Å². The monoisotopic (exact) mass is 503 g/mol. The van der Waals surface area contributed by atoms with Crippen LogP contribution in [0.25, 0.3) is 17.4 Å². The van der Waals surface area contributed by atoms with E-state index in [1.165, 1.54) is 6.08 Å². The molecule has 2 aromatic carbocycles. The molecular formula is C25H24Cl3N3O2. The summed E-state index contributed by atoms with van der Waals surface area (Å²) in [6, 6.07) is 14.4. The number of rotatable bonds is 6. The third kappa shape index (κ3) is 5.92. The summed E-state index contributed by atoms with van der Waals surface area (Å²) in [6.45, 7) is 7.16. The number of nitrogens with one attached hydrogen (secondary N) is 1. The van der Waals surface area contributed by atoms with Crippen LogP contribution < -0.4 is 10.2 Å². The van der Waals surface area contributed by atoms with Crippen molar-refractivity contribution in [3.63, 3.8) is 0 Å². The average Bonchev–Trinajstić information content (AvgIpc) is 3.27. The van der Waals surface area contributed by atoms with Gasteiger partial charge in [-0.05, 0) is 61.2 Å². The fraction of sp³-hybridized carbons (Fsp3) is 0.240. The van der Waals surface area contributed by atoms with E-state index in [9.17, 15) is 4.79 Å². The maximum Gasteiger partial charge on any atom is 0.248 e. The first-order valence-corrected chi connectivity index (χ1v) is 11.9. The van der Waals surface area contributed by atoms with Crippen LogP contribution in [0.3, 0.4) is 0 Å². The number of furan rings is 1. The number of nitrogens with zero attached hydrogens (tertiary/aromatic N) is 2. The SMILES string of the molecule is CCN1CCN(c2ccc(NC(=O)/C=C/c3ccc(-c4ccc(Cl)cc4Cl)o3)cc2Cl)CC1. The van der Waals surface area contributed by atoms with Gasteiger partial charge in [0.25, 0.3) is 0 Å². The molecule has 1 saturated heterocycles. The minimum Gasteiger partial charge on any atom is -0.457 e. The van der Waals surface area contributed by atoms with Gasteiger partial charge in [0.15, 0.2) is 0 Å². The number of benzene rings is 2. The first-order valence-electron chi connectivity index (χ1n) is 10.7. The van der Waals surface area contributed by atoms with Gasteiger partial charge in [-0.2, -0.15) is 0 Å². The number of halogens is 3. The Morgan fingerprint density at radius 3 is 2.48 bits per heavy atom. The van der Waals surface area contributed by atoms with Crippen LogP contribution in [-0.4, -0.2) is 43.5 Å². The van der Waals surface area contributed by atoms with Gasteiger partial charge in [0.1, 0.15) is 11.5 Å². The predicted octanol–water partition coefficient (Wildman–Crippen LogP) is 6.70. The molecule has 1 aliphatic heterocycles. The molecule has 172 valence electrons. The molecule has 0 saturated carbocycles. The van der Waals surface area contributed by atoms with E-state index in [4.69, 9.17) is 39.2 Å². The van der Waals surface area contributed by atoms with E-state index in [0.29, 0.717) is 32.3 Å². The van der Waals surface area contributed by atoms with Crippen molar-refractivity contribution in [3.8, 4) is 11.3 Å². The van der Waals surface area contributed by atoms with Gasteiger partial charge in [0.2, 0.25) is 5.91 Å². The Kier molecular flexibility index (Phi) is 7.66. The number of piperazine rings is 1. The first kappa shape index (κ1) is 23.7. The number of hydrogen-bond donors (Lipinski definition) is 1. The fourth-order valence-electron chi connectivity index (χ4n) is 3.76. The van der Waals surface area contributed by atoms with E-state index in [1.807, 2.05) is 12.1 Å². The summed E-state index contributed by atoms with van der Waals surface area (Å²) in [6.07, 6.45) is 3.02. The van der Waals surface area contributed by atoms with Crippen LogP contribution in [0.15, 0.2) is 59.0 Å². The van der Waals surface area contributed by atoms with Crippen LogP contribution >= 0.6 is 34.8 Å². The fourth-order valence-corrected chi connectivity index (χ4v) is 4.57. The zero-order valence-corrected chi connectivity index (χ0v) is 20.4. The highest BCUT2D eigenvalue weighted by Gasteiger charge is 2.18. The lowest BCUT2D eigenvalue weighted by molar-refractivity contribution is -0.111. The van der Waals surface area contributed by atoms with Gasteiger partial charge in [-0.1, -0.05) is 41.7 Å². The Morgan fingerprint density at radius 2 is 1.79 bits per heavy atom. The summed E-state index contributed by atoms with van der Waals surface area (Å²) in [5.74, 6) is 0.850. The number of hydrogen-bond acceptors (Lipinski definition) is 4. The lowest BCUT2D eigenvalue weighted by Crippen LogP contribution is -2.46. The molecule has 5 nitrogen and oxygen atoms in total. The topological polar surface area (TPSA) is 48.7 Å². The molecule has 0 spiro atoms. The van der Waals surface area contributed by atoms with Crippen LogP contribution in [0.1, 0.15) is 12.7 Å². The molecule has 33 heavy (non-hydrogen) atoms. The molecule has 0 unspecified atom stereocenters. The summed E-state index contributed by atoms with van der Waals surface area (Å²) < 4.78 is 5.78. The molecule has 0 atom stereocenters. The Balaban J connectivity index is 1.37. The summed E-state index contributed by atoms with van der Waals surface area (Å²) in [4.78, 5) is 17.1. The maximum atomic E-state index is 12.4. The zero-order chi connectivity index (χ0) is 23.4. The molecule has 0 bridgehead atoms. The van der Waals surface area contributed by atoms with E-state index in [1.54, 1.807) is 42.5 Å². The Hall–Kier alpha value is -2.44. The van der Waals surface area contributed by atoms with Gasteiger partial charge in [-0.25, -0.2) is 0 Å². The van der Waals surface area contributed by atoms with E-state index < -0.39 is 0 Å². The molecule has 0 aliphatic carbocycles. The maximum absolute atomic E-state index is 12.4. The normalized spacial score (nSPS) is 14.7. The van der Waals surface area contributed by atoms with Gasteiger partial charge in [-0.15, -0.1) is 0 Å². The van der Waals surface area contributed by atoms with Crippen LogP contribution in [0, 0.1) is 0 Å². The summed E-state index contributed by atoms with van der Waals surface area (Å²) in [5.41, 5.74) is 2.36. The largest absolute Gasteiger partial charge is 0.457 e. The molecule has 1 fully saturated rings. The molecule has 4 rings (SSSR count). The second-order valence-corrected chi connectivity index (χ2v) is 8.99. The molecule has 2 heterocycles. The van der Waals surface area contributed by atoms with Crippen molar-refractivity contribution < 1.29 is 9.21 Å². The molecule has 8 heteroatoms. The lowest BCUT2D eigenvalue weighted by atomic mass is 10.2. The molecule has 1 N–H and O–H groups in total. The van der Waals surface area contributed by atoms with Gasteiger partial charge in [0, 0.05) is 48.5 Å². The Labute approximate surface area is 208 Å². The van der Waals surface area contributed by atoms with Crippen molar-refractivity contribution in [2.45, 2.75) is 6.92 Å². The second kappa shape index (κ2) is 10.7. The average molecular weight is 505 g/mol.